The minimum absolute atomic E-state index is 0.0258. The first-order chi connectivity index (χ1) is 6.55. The fraction of sp³-hybridized carbons (Fsp3) is 0.889. The first-order valence-electron chi connectivity index (χ1n) is 4.98. The monoisotopic (exact) mass is 216 g/mol. The first-order valence-corrected chi connectivity index (χ1v) is 5.41. The highest BCUT2D eigenvalue weighted by atomic mass is 35.5. The molecule has 0 aromatic carbocycles. The maximum atomic E-state index is 6.01. The molecule has 0 saturated heterocycles. The fourth-order valence-electron chi connectivity index (χ4n) is 1.38. The maximum absolute atomic E-state index is 6.01. The van der Waals surface area contributed by atoms with Crippen LogP contribution in [-0.4, -0.2) is 20.2 Å². The summed E-state index contributed by atoms with van der Waals surface area (Å²) in [6.07, 6.45) is 1.98. The zero-order chi connectivity index (χ0) is 10.8. The number of nitrogens with zero attached hydrogens (tertiary/aromatic N) is 4. The molecule has 1 rings (SSSR count). The van der Waals surface area contributed by atoms with Gasteiger partial charge in [-0.1, -0.05) is 13.8 Å². The zero-order valence-electron chi connectivity index (χ0n) is 9.16. The minimum Gasteiger partial charge on any atom is -0.222 e. The van der Waals surface area contributed by atoms with Gasteiger partial charge in [0, 0.05) is 0 Å². The van der Waals surface area contributed by atoms with E-state index < -0.39 is 0 Å². The Labute approximate surface area is 89.6 Å². The van der Waals surface area contributed by atoms with Gasteiger partial charge in [0.2, 0.25) is 0 Å². The van der Waals surface area contributed by atoms with Crippen LogP contribution in [0.3, 0.4) is 0 Å². The number of rotatable bonds is 4. The van der Waals surface area contributed by atoms with Gasteiger partial charge in [0.25, 0.3) is 0 Å². The lowest BCUT2D eigenvalue weighted by molar-refractivity contribution is 0.251. The SMILES string of the molecule is CCC(C)(CC)n1nnnc1C(C)Cl. The van der Waals surface area contributed by atoms with Gasteiger partial charge < -0.3 is 0 Å². The molecule has 4 nitrogen and oxygen atoms in total. The van der Waals surface area contributed by atoms with Gasteiger partial charge in [-0.2, -0.15) is 0 Å². The Bertz CT molecular complexity index is 291. The predicted octanol–water partition coefficient (Wildman–Crippen LogP) is 2.51. The second-order valence-electron chi connectivity index (χ2n) is 3.77. The lowest BCUT2D eigenvalue weighted by atomic mass is 9.95. The Morgan fingerprint density at radius 2 is 2.00 bits per heavy atom. The van der Waals surface area contributed by atoms with Crippen LogP contribution in [0, 0.1) is 0 Å². The van der Waals surface area contributed by atoms with Gasteiger partial charge in [0.05, 0.1) is 10.9 Å². The third kappa shape index (κ3) is 1.90. The minimum atomic E-state index is -0.151. The van der Waals surface area contributed by atoms with Gasteiger partial charge >= 0.3 is 0 Å². The quantitative estimate of drug-likeness (QED) is 0.727. The molecule has 1 aromatic heterocycles. The lowest BCUT2D eigenvalue weighted by Crippen LogP contribution is -2.31. The first kappa shape index (κ1) is 11.4. The fourth-order valence-corrected chi connectivity index (χ4v) is 1.51. The summed E-state index contributed by atoms with van der Waals surface area (Å²) in [4.78, 5) is 0. The summed E-state index contributed by atoms with van der Waals surface area (Å²) in [5.74, 6) is 0.748. The number of tetrazole rings is 1. The van der Waals surface area contributed by atoms with Crippen molar-refractivity contribution in [1.29, 1.82) is 0 Å². The molecule has 0 aliphatic carbocycles. The lowest BCUT2D eigenvalue weighted by Gasteiger charge is -2.27. The van der Waals surface area contributed by atoms with E-state index in [2.05, 4.69) is 36.3 Å². The normalized spacial score (nSPS) is 14.4. The van der Waals surface area contributed by atoms with Crippen molar-refractivity contribution in [1.82, 2.24) is 20.2 Å². The Balaban J connectivity index is 3.10. The summed E-state index contributed by atoms with van der Waals surface area (Å²) in [6.45, 7) is 8.29. The molecule has 1 atom stereocenters. The topological polar surface area (TPSA) is 43.6 Å². The molecule has 0 aliphatic rings. The van der Waals surface area contributed by atoms with E-state index in [1.165, 1.54) is 0 Å². The average molecular weight is 217 g/mol. The molecule has 0 saturated carbocycles. The summed E-state index contributed by atoms with van der Waals surface area (Å²) in [5.41, 5.74) is -0.0258. The number of aromatic nitrogens is 4. The van der Waals surface area contributed by atoms with Crippen molar-refractivity contribution in [2.45, 2.75) is 51.5 Å². The highest BCUT2D eigenvalue weighted by Crippen LogP contribution is 2.27. The molecule has 1 aromatic rings. The Kier molecular flexibility index (Phi) is 3.48. The van der Waals surface area contributed by atoms with Gasteiger partial charge in [-0.25, -0.2) is 4.68 Å². The molecular formula is C9H17ClN4. The van der Waals surface area contributed by atoms with E-state index in [9.17, 15) is 0 Å². The summed E-state index contributed by atoms with van der Waals surface area (Å²) >= 11 is 6.01. The molecule has 0 radical (unpaired) electrons. The summed E-state index contributed by atoms with van der Waals surface area (Å²) in [7, 11) is 0. The molecule has 5 heteroatoms. The van der Waals surface area contributed by atoms with E-state index in [0.717, 1.165) is 18.7 Å². The van der Waals surface area contributed by atoms with Gasteiger partial charge in [0.1, 0.15) is 0 Å². The molecule has 80 valence electrons. The number of hydrogen-bond donors (Lipinski definition) is 0. The molecule has 1 heterocycles. The van der Waals surface area contributed by atoms with Crippen LogP contribution in [0.2, 0.25) is 0 Å². The van der Waals surface area contributed by atoms with Crippen molar-refractivity contribution < 1.29 is 0 Å². The third-order valence-electron chi connectivity index (χ3n) is 2.88. The molecule has 0 amide bonds. The number of hydrogen-bond acceptors (Lipinski definition) is 3. The Hall–Kier alpha value is -0.640. The molecule has 0 N–H and O–H groups in total. The molecule has 0 aliphatic heterocycles. The van der Waals surface area contributed by atoms with Crippen molar-refractivity contribution in [3.8, 4) is 0 Å². The van der Waals surface area contributed by atoms with Crippen molar-refractivity contribution >= 4 is 11.6 Å². The highest BCUT2D eigenvalue weighted by molar-refractivity contribution is 6.20. The van der Waals surface area contributed by atoms with Crippen LogP contribution in [0.5, 0.6) is 0 Å². The zero-order valence-corrected chi connectivity index (χ0v) is 9.91. The van der Waals surface area contributed by atoms with Gasteiger partial charge in [0.15, 0.2) is 5.82 Å². The molecular weight excluding hydrogens is 200 g/mol. The maximum Gasteiger partial charge on any atom is 0.169 e. The second-order valence-corrected chi connectivity index (χ2v) is 4.42. The van der Waals surface area contributed by atoms with E-state index in [1.807, 2.05) is 11.6 Å². The second kappa shape index (κ2) is 4.26. The average Bonchev–Trinajstić information content (AvgIpc) is 2.65. The van der Waals surface area contributed by atoms with Gasteiger partial charge in [-0.15, -0.1) is 16.7 Å². The predicted molar refractivity (Wildman–Crippen MR) is 56.3 cm³/mol. The smallest absolute Gasteiger partial charge is 0.169 e. The highest BCUT2D eigenvalue weighted by Gasteiger charge is 2.28. The Morgan fingerprint density at radius 1 is 1.43 bits per heavy atom. The van der Waals surface area contributed by atoms with Crippen molar-refractivity contribution in [2.75, 3.05) is 0 Å². The van der Waals surface area contributed by atoms with E-state index >= 15 is 0 Å². The molecule has 0 fully saturated rings. The third-order valence-corrected chi connectivity index (χ3v) is 3.08. The Morgan fingerprint density at radius 3 is 2.43 bits per heavy atom. The summed E-state index contributed by atoms with van der Waals surface area (Å²) < 4.78 is 1.85. The standard InChI is InChI=1S/C9H17ClN4/c1-5-9(4,6-2)14-8(7(3)10)11-12-13-14/h7H,5-6H2,1-4H3. The van der Waals surface area contributed by atoms with Crippen LogP contribution in [-0.2, 0) is 5.54 Å². The van der Waals surface area contributed by atoms with Crippen LogP contribution in [0.15, 0.2) is 0 Å². The van der Waals surface area contributed by atoms with E-state index in [4.69, 9.17) is 11.6 Å². The van der Waals surface area contributed by atoms with Crippen LogP contribution in [0.25, 0.3) is 0 Å². The summed E-state index contributed by atoms with van der Waals surface area (Å²) in [5, 5.41) is 11.5. The molecule has 1 unspecified atom stereocenters. The van der Waals surface area contributed by atoms with Crippen LogP contribution >= 0.6 is 11.6 Å². The van der Waals surface area contributed by atoms with Crippen LogP contribution in [0.4, 0.5) is 0 Å². The van der Waals surface area contributed by atoms with Crippen LogP contribution < -0.4 is 0 Å². The van der Waals surface area contributed by atoms with Gasteiger partial charge in [-0.05, 0) is 37.1 Å². The van der Waals surface area contributed by atoms with E-state index in [1.54, 1.807) is 0 Å². The van der Waals surface area contributed by atoms with Crippen molar-refractivity contribution in [3.05, 3.63) is 5.82 Å². The van der Waals surface area contributed by atoms with E-state index in [-0.39, 0.29) is 10.9 Å². The van der Waals surface area contributed by atoms with Gasteiger partial charge in [-0.3, -0.25) is 0 Å². The molecule has 0 spiro atoms. The largest absolute Gasteiger partial charge is 0.222 e. The van der Waals surface area contributed by atoms with Crippen LogP contribution in [0.1, 0.15) is 51.7 Å². The summed E-state index contributed by atoms with van der Waals surface area (Å²) in [6, 6.07) is 0. The van der Waals surface area contributed by atoms with E-state index in [0.29, 0.717) is 0 Å². The molecule has 14 heavy (non-hydrogen) atoms. The van der Waals surface area contributed by atoms with Crippen molar-refractivity contribution in [2.24, 2.45) is 0 Å². The number of alkyl halides is 1. The molecule has 0 bridgehead atoms. The number of halogens is 1. The van der Waals surface area contributed by atoms with Crippen molar-refractivity contribution in [3.63, 3.8) is 0 Å².